The van der Waals surface area contributed by atoms with Gasteiger partial charge in [-0.25, -0.2) is 4.79 Å². The van der Waals surface area contributed by atoms with Crippen molar-refractivity contribution in [3.05, 3.63) is 29.3 Å². The van der Waals surface area contributed by atoms with E-state index in [4.69, 9.17) is 5.26 Å². The first-order chi connectivity index (χ1) is 9.51. The van der Waals surface area contributed by atoms with Crippen LogP contribution in [0.25, 0.3) is 0 Å². The second-order valence-corrected chi connectivity index (χ2v) is 5.42. The van der Waals surface area contributed by atoms with Crippen molar-refractivity contribution in [3.8, 4) is 6.07 Å². The van der Waals surface area contributed by atoms with Crippen LogP contribution in [0.4, 0.5) is 10.5 Å². The number of rotatable bonds is 2. The second-order valence-electron chi connectivity index (χ2n) is 5.42. The minimum Gasteiger partial charge on any atom is -0.323 e. The Kier molecular flexibility index (Phi) is 4.26. The maximum absolute atomic E-state index is 12.2. The molecule has 5 nitrogen and oxygen atoms in total. The third-order valence-electron chi connectivity index (χ3n) is 3.79. The van der Waals surface area contributed by atoms with Crippen molar-refractivity contribution in [1.82, 2.24) is 9.80 Å². The number of likely N-dealkylation sites (N-methyl/N-ethyl adjacent to an activating group) is 1. The highest BCUT2D eigenvalue weighted by Gasteiger charge is 2.27. The number of carbonyl (C=O) groups is 1. The normalized spacial score (nSPS) is 18.1. The summed E-state index contributed by atoms with van der Waals surface area (Å²) in [5.41, 5.74) is 2.18. The molecule has 0 aromatic heterocycles. The number of benzene rings is 1. The molecule has 106 valence electrons. The predicted molar refractivity (Wildman–Crippen MR) is 78.6 cm³/mol. The molecule has 1 atom stereocenters. The summed E-state index contributed by atoms with van der Waals surface area (Å²) >= 11 is 0. The fourth-order valence-electron chi connectivity index (χ4n) is 2.37. The number of nitriles is 1. The Morgan fingerprint density at radius 3 is 2.85 bits per heavy atom. The third kappa shape index (κ3) is 3.09. The topological polar surface area (TPSA) is 59.4 Å². The lowest BCUT2D eigenvalue weighted by Gasteiger charge is -2.20. The quantitative estimate of drug-likeness (QED) is 0.896. The number of anilines is 1. The molecule has 1 fully saturated rings. The molecule has 0 radical (unpaired) electrons. The second kappa shape index (κ2) is 5.93. The highest BCUT2D eigenvalue weighted by atomic mass is 16.2. The molecule has 20 heavy (non-hydrogen) atoms. The predicted octanol–water partition coefficient (Wildman–Crippen LogP) is 2.03. The van der Waals surface area contributed by atoms with Gasteiger partial charge in [0.25, 0.3) is 0 Å². The van der Waals surface area contributed by atoms with Crippen LogP contribution in [0.5, 0.6) is 0 Å². The van der Waals surface area contributed by atoms with Crippen molar-refractivity contribution < 1.29 is 4.79 Å². The van der Waals surface area contributed by atoms with Crippen LogP contribution < -0.4 is 5.32 Å². The van der Waals surface area contributed by atoms with E-state index in [2.05, 4.69) is 16.3 Å². The number of nitrogens with zero attached hydrogens (tertiary/aromatic N) is 3. The Bertz CT molecular complexity index is 547. The van der Waals surface area contributed by atoms with Gasteiger partial charge in [0.1, 0.15) is 0 Å². The van der Waals surface area contributed by atoms with Gasteiger partial charge in [-0.3, -0.25) is 0 Å². The third-order valence-corrected chi connectivity index (χ3v) is 3.79. The van der Waals surface area contributed by atoms with Crippen molar-refractivity contribution in [2.45, 2.75) is 19.4 Å². The van der Waals surface area contributed by atoms with E-state index in [0.29, 0.717) is 17.3 Å². The van der Waals surface area contributed by atoms with Gasteiger partial charge in [0.05, 0.1) is 11.6 Å². The highest BCUT2D eigenvalue weighted by Crippen LogP contribution is 2.17. The summed E-state index contributed by atoms with van der Waals surface area (Å²) in [6.07, 6.45) is 0.998. The molecule has 2 amide bonds. The van der Waals surface area contributed by atoms with Crippen molar-refractivity contribution >= 4 is 11.7 Å². The lowest BCUT2D eigenvalue weighted by molar-refractivity contribution is 0.216. The van der Waals surface area contributed by atoms with Crippen LogP contribution >= 0.6 is 0 Å². The number of nitrogens with one attached hydrogen (secondary N) is 1. The van der Waals surface area contributed by atoms with Crippen molar-refractivity contribution in [1.29, 1.82) is 5.26 Å². The lowest BCUT2D eigenvalue weighted by Crippen LogP contribution is -2.36. The van der Waals surface area contributed by atoms with Gasteiger partial charge in [-0.2, -0.15) is 5.26 Å². The van der Waals surface area contributed by atoms with Gasteiger partial charge in [-0.05, 0) is 45.1 Å². The Balaban J connectivity index is 2.01. The van der Waals surface area contributed by atoms with Gasteiger partial charge in [-0.1, -0.05) is 6.07 Å². The zero-order valence-electron chi connectivity index (χ0n) is 12.2. The summed E-state index contributed by atoms with van der Waals surface area (Å²) in [4.78, 5) is 16.1. The molecule has 5 heteroatoms. The molecule has 1 aromatic carbocycles. The zero-order chi connectivity index (χ0) is 14.7. The van der Waals surface area contributed by atoms with Gasteiger partial charge in [-0.15, -0.1) is 0 Å². The average Bonchev–Trinajstić information content (AvgIpc) is 2.91. The number of urea groups is 1. The zero-order valence-corrected chi connectivity index (χ0v) is 12.2. The first kappa shape index (κ1) is 14.4. The fraction of sp³-hybridized carbons (Fsp3) is 0.467. The molecule has 1 N–H and O–H groups in total. The largest absolute Gasteiger partial charge is 0.323 e. The number of hydrogen-bond donors (Lipinski definition) is 1. The van der Waals surface area contributed by atoms with E-state index in [1.165, 1.54) is 0 Å². The minimum absolute atomic E-state index is 0.0953. The van der Waals surface area contributed by atoms with Crippen LogP contribution in [0.2, 0.25) is 0 Å². The molecule has 1 saturated heterocycles. The molecule has 0 spiro atoms. The number of carbonyl (C=O) groups excluding carboxylic acids is 1. The summed E-state index contributed by atoms with van der Waals surface area (Å²) in [5, 5.41) is 11.9. The van der Waals surface area contributed by atoms with Crippen molar-refractivity contribution in [3.63, 3.8) is 0 Å². The summed E-state index contributed by atoms with van der Waals surface area (Å²) in [7, 11) is 4.07. The molecule has 1 aromatic rings. The number of aryl methyl sites for hydroxylation is 1. The van der Waals surface area contributed by atoms with Gasteiger partial charge >= 0.3 is 6.03 Å². The molecule has 1 aliphatic heterocycles. The van der Waals surface area contributed by atoms with Crippen molar-refractivity contribution in [2.24, 2.45) is 0 Å². The van der Waals surface area contributed by atoms with Crippen molar-refractivity contribution in [2.75, 3.05) is 32.5 Å². The summed E-state index contributed by atoms with van der Waals surface area (Å²) in [6, 6.07) is 7.85. The lowest BCUT2D eigenvalue weighted by atomic mass is 10.1. The summed E-state index contributed by atoms with van der Waals surface area (Å²) in [5.74, 6) is 0. The Morgan fingerprint density at radius 1 is 1.50 bits per heavy atom. The first-order valence-corrected chi connectivity index (χ1v) is 6.74. The Morgan fingerprint density at radius 2 is 2.25 bits per heavy atom. The van der Waals surface area contributed by atoms with E-state index < -0.39 is 0 Å². The van der Waals surface area contributed by atoms with Gasteiger partial charge in [0, 0.05) is 24.8 Å². The van der Waals surface area contributed by atoms with E-state index in [0.717, 1.165) is 25.1 Å². The number of hydrogen-bond acceptors (Lipinski definition) is 3. The van der Waals surface area contributed by atoms with Crippen LogP contribution in [0.3, 0.4) is 0 Å². The average molecular weight is 272 g/mol. The maximum atomic E-state index is 12.2. The summed E-state index contributed by atoms with van der Waals surface area (Å²) < 4.78 is 0. The number of likely N-dealkylation sites (tertiary alicyclic amines) is 1. The minimum atomic E-state index is -0.0953. The van der Waals surface area contributed by atoms with Crippen LogP contribution in [-0.4, -0.2) is 49.1 Å². The van der Waals surface area contributed by atoms with Crippen LogP contribution in [0.15, 0.2) is 18.2 Å². The molecule has 2 rings (SSSR count). The fourth-order valence-corrected chi connectivity index (χ4v) is 2.37. The number of amides is 2. The molecule has 1 unspecified atom stereocenters. The standard InChI is InChI=1S/C15H20N4O/c1-11-4-5-13(8-12(11)9-16)17-15(20)19-7-6-14(10-19)18(2)3/h4-5,8,14H,6-7,10H2,1-3H3,(H,17,20). The van der Waals surface area contributed by atoms with Gasteiger partial charge < -0.3 is 15.1 Å². The maximum Gasteiger partial charge on any atom is 0.321 e. The van der Waals surface area contributed by atoms with E-state index >= 15 is 0 Å². The van der Waals surface area contributed by atoms with E-state index in [-0.39, 0.29) is 6.03 Å². The van der Waals surface area contributed by atoms with Crippen LogP contribution in [0, 0.1) is 18.3 Å². The SMILES string of the molecule is Cc1ccc(NC(=O)N2CCC(N(C)C)C2)cc1C#N. The van der Waals surface area contributed by atoms with Gasteiger partial charge in [0.15, 0.2) is 0 Å². The van der Waals surface area contributed by atoms with E-state index in [1.54, 1.807) is 6.07 Å². The molecular weight excluding hydrogens is 252 g/mol. The Labute approximate surface area is 119 Å². The molecule has 0 bridgehead atoms. The Hall–Kier alpha value is -2.06. The summed E-state index contributed by atoms with van der Waals surface area (Å²) in [6.45, 7) is 3.40. The molecule has 0 saturated carbocycles. The monoisotopic (exact) mass is 272 g/mol. The van der Waals surface area contributed by atoms with Crippen LogP contribution in [0.1, 0.15) is 17.5 Å². The smallest absolute Gasteiger partial charge is 0.321 e. The molecule has 1 aliphatic rings. The molecular formula is C15H20N4O. The van der Waals surface area contributed by atoms with Crippen LogP contribution in [-0.2, 0) is 0 Å². The molecule has 0 aliphatic carbocycles. The first-order valence-electron chi connectivity index (χ1n) is 6.74. The van der Waals surface area contributed by atoms with Gasteiger partial charge in [0.2, 0.25) is 0 Å². The highest BCUT2D eigenvalue weighted by molar-refractivity contribution is 5.89. The van der Waals surface area contributed by atoms with E-state index in [9.17, 15) is 4.79 Å². The molecule has 1 heterocycles. The van der Waals surface area contributed by atoms with E-state index in [1.807, 2.05) is 38.1 Å².